The van der Waals surface area contributed by atoms with Crippen LogP contribution in [0.4, 0.5) is 0 Å². The van der Waals surface area contributed by atoms with Crippen molar-refractivity contribution >= 4 is 11.8 Å². The predicted molar refractivity (Wildman–Crippen MR) is 103 cm³/mol. The number of rotatable bonds is 5. The van der Waals surface area contributed by atoms with Crippen LogP contribution in [0.1, 0.15) is 31.2 Å². The Bertz CT molecular complexity index is 924. The fourth-order valence-electron chi connectivity index (χ4n) is 3.46. The number of nitrogens with zero attached hydrogens (tertiary/aromatic N) is 5. The summed E-state index contributed by atoms with van der Waals surface area (Å²) >= 11 is 0. The summed E-state index contributed by atoms with van der Waals surface area (Å²) in [5.41, 5.74) is 1.58. The summed E-state index contributed by atoms with van der Waals surface area (Å²) in [6.07, 6.45) is 1.33. The van der Waals surface area contributed by atoms with E-state index in [9.17, 15) is 14.4 Å². The highest BCUT2D eigenvalue weighted by atomic mass is 16.2. The quantitative estimate of drug-likeness (QED) is 0.802. The summed E-state index contributed by atoms with van der Waals surface area (Å²) in [6, 6.07) is 5.03. The van der Waals surface area contributed by atoms with Gasteiger partial charge in [-0.05, 0) is 38.8 Å². The van der Waals surface area contributed by atoms with Gasteiger partial charge in [0.15, 0.2) is 5.82 Å². The molecule has 0 bridgehead atoms. The molecule has 3 rings (SSSR count). The molecule has 3 heterocycles. The van der Waals surface area contributed by atoms with Gasteiger partial charge in [0, 0.05) is 44.2 Å². The van der Waals surface area contributed by atoms with Crippen LogP contribution in [0.15, 0.2) is 23.0 Å². The predicted octanol–water partition coefficient (Wildman–Crippen LogP) is 0.421. The molecule has 0 spiro atoms. The van der Waals surface area contributed by atoms with Crippen LogP contribution in [-0.4, -0.2) is 55.9 Å². The number of carbonyl (C=O) groups excluding carboxylic acids is 2. The molecule has 9 nitrogen and oxygen atoms in total. The van der Waals surface area contributed by atoms with E-state index in [0.717, 1.165) is 11.4 Å². The van der Waals surface area contributed by atoms with E-state index in [1.165, 1.54) is 10.7 Å². The standard InChI is InChI=1S/C19H26N6O3/c1-13-12-14(2)25(21-13)17-4-5-18(27)24(22-17)11-8-20-19(28)16-6-9-23(10-7-16)15(3)26/h4-5,12,16H,6-11H2,1-3H3,(H,20,28). The van der Waals surface area contributed by atoms with Gasteiger partial charge in [-0.2, -0.15) is 5.10 Å². The summed E-state index contributed by atoms with van der Waals surface area (Å²) in [7, 11) is 0. The van der Waals surface area contributed by atoms with Gasteiger partial charge in [-0.1, -0.05) is 0 Å². The zero-order valence-corrected chi connectivity index (χ0v) is 16.5. The van der Waals surface area contributed by atoms with Crippen LogP contribution >= 0.6 is 0 Å². The Morgan fingerprint density at radius 1 is 1.18 bits per heavy atom. The molecule has 1 saturated heterocycles. The lowest BCUT2D eigenvalue weighted by Gasteiger charge is -2.30. The van der Waals surface area contributed by atoms with E-state index >= 15 is 0 Å². The van der Waals surface area contributed by atoms with Gasteiger partial charge in [0.1, 0.15) is 0 Å². The largest absolute Gasteiger partial charge is 0.354 e. The number of aromatic nitrogens is 4. The number of piperidine rings is 1. The molecule has 9 heteroatoms. The number of carbonyl (C=O) groups is 2. The van der Waals surface area contributed by atoms with E-state index in [0.29, 0.717) is 38.3 Å². The summed E-state index contributed by atoms with van der Waals surface area (Å²) < 4.78 is 3.02. The lowest BCUT2D eigenvalue weighted by molar-refractivity contribution is -0.133. The highest BCUT2D eigenvalue weighted by Gasteiger charge is 2.25. The fraction of sp³-hybridized carbons (Fsp3) is 0.526. The van der Waals surface area contributed by atoms with Crippen molar-refractivity contribution in [3.63, 3.8) is 0 Å². The first-order valence-corrected chi connectivity index (χ1v) is 9.50. The van der Waals surface area contributed by atoms with Gasteiger partial charge in [-0.15, -0.1) is 5.10 Å². The summed E-state index contributed by atoms with van der Waals surface area (Å²) in [6.45, 7) is 7.19. The third-order valence-corrected chi connectivity index (χ3v) is 5.01. The summed E-state index contributed by atoms with van der Waals surface area (Å²) in [4.78, 5) is 37.6. The molecule has 0 unspecified atom stereocenters. The van der Waals surface area contributed by atoms with Crippen molar-refractivity contribution in [1.82, 2.24) is 29.8 Å². The van der Waals surface area contributed by atoms with Crippen LogP contribution in [0.5, 0.6) is 0 Å². The molecule has 1 aliphatic heterocycles. The van der Waals surface area contributed by atoms with Gasteiger partial charge in [-0.25, -0.2) is 9.36 Å². The minimum absolute atomic E-state index is 0.0362. The first kappa shape index (κ1) is 19.8. The molecule has 2 aromatic rings. The Morgan fingerprint density at radius 3 is 2.50 bits per heavy atom. The second-order valence-electron chi connectivity index (χ2n) is 7.16. The van der Waals surface area contributed by atoms with E-state index in [4.69, 9.17) is 0 Å². The molecule has 0 saturated carbocycles. The van der Waals surface area contributed by atoms with Crippen molar-refractivity contribution in [3.05, 3.63) is 39.9 Å². The molecule has 150 valence electrons. The Kier molecular flexibility index (Phi) is 5.91. The van der Waals surface area contributed by atoms with E-state index in [-0.39, 0.29) is 29.8 Å². The van der Waals surface area contributed by atoms with Crippen LogP contribution in [0, 0.1) is 19.8 Å². The Balaban J connectivity index is 1.57. The first-order valence-electron chi connectivity index (χ1n) is 9.50. The van der Waals surface area contributed by atoms with E-state index in [1.54, 1.807) is 22.6 Å². The van der Waals surface area contributed by atoms with E-state index < -0.39 is 0 Å². The zero-order chi connectivity index (χ0) is 20.3. The highest BCUT2D eigenvalue weighted by Crippen LogP contribution is 2.17. The van der Waals surface area contributed by atoms with Crippen LogP contribution in [0.2, 0.25) is 0 Å². The van der Waals surface area contributed by atoms with E-state index in [2.05, 4.69) is 15.5 Å². The van der Waals surface area contributed by atoms with Gasteiger partial charge >= 0.3 is 0 Å². The van der Waals surface area contributed by atoms with Crippen LogP contribution in [0.3, 0.4) is 0 Å². The van der Waals surface area contributed by atoms with Crippen molar-refractivity contribution in [2.75, 3.05) is 19.6 Å². The average Bonchev–Trinajstić information content (AvgIpc) is 3.01. The number of nitrogens with one attached hydrogen (secondary N) is 1. The SMILES string of the molecule is CC(=O)N1CCC(C(=O)NCCn2nc(-n3nc(C)cc3C)ccc2=O)CC1. The number of hydrogen-bond acceptors (Lipinski definition) is 5. The normalized spacial score (nSPS) is 14.9. The minimum atomic E-state index is -0.228. The Morgan fingerprint density at radius 2 is 1.89 bits per heavy atom. The van der Waals surface area contributed by atoms with Crippen LogP contribution < -0.4 is 10.9 Å². The molecule has 0 atom stereocenters. The van der Waals surface area contributed by atoms with Crippen molar-refractivity contribution in [2.45, 2.75) is 40.2 Å². The maximum atomic E-state index is 12.3. The third-order valence-electron chi connectivity index (χ3n) is 5.01. The Hall–Kier alpha value is -2.97. The lowest BCUT2D eigenvalue weighted by Crippen LogP contribution is -2.43. The third kappa shape index (κ3) is 4.47. The molecule has 2 aromatic heterocycles. The topological polar surface area (TPSA) is 102 Å². The molecule has 0 radical (unpaired) electrons. The number of aryl methyl sites for hydroxylation is 2. The summed E-state index contributed by atoms with van der Waals surface area (Å²) in [5, 5.41) is 11.6. The van der Waals surface area contributed by atoms with Crippen LogP contribution in [-0.2, 0) is 16.1 Å². The molecule has 28 heavy (non-hydrogen) atoms. The molecule has 1 aliphatic rings. The number of hydrogen-bond donors (Lipinski definition) is 1. The van der Waals surface area contributed by atoms with Gasteiger partial charge in [0.25, 0.3) is 5.56 Å². The average molecular weight is 386 g/mol. The molecule has 2 amide bonds. The second kappa shape index (κ2) is 8.37. The molecule has 0 aliphatic carbocycles. The van der Waals surface area contributed by atoms with Crippen LogP contribution in [0.25, 0.3) is 5.82 Å². The van der Waals surface area contributed by atoms with Crippen molar-refractivity contribution in [2.24, 2.45) is 5.92 Å². The monoisotopic (exact) mass is 386 g/mol. The Labute approximate surface area is 163 Å². The van der Waals surface area contributed by atoms with E-state index in [1.807, 2.05) is 19.9 Å². The highest BCUT2D eigenvalue weighted by molar-refractivity contribution is 5.79. The van der Waals surface area contributed by atoms with Crippen molar-refractivity contribution in [3.8, 4) is 5.82 Å². The molecule has 1 fully saturated rings. The zero-order valence-electron chi connectivity index (χ0n) is 16.5. The second-order valence-corrected chi connectivity index (χ2v) is 7.16. The number of amides is 2. The lowest BCUT2D eigenvalue weighted by atomic mass is 9.96. The summed E-state index contributed by atoms with van der Waals surface area (Å²) in [5.74, 6) is 0.479. The number of likely N-dealkylation sites (tertiary alicyclic amines) is 1. The van der Waals surface area contributed by atoms with Gasteiger partial charge in [-0.3, -0.25) is 14.4 Å². The van der Waals surface area contributed by atoms with Gasteiger partial charge in [0.2, 0.25) is 11.8 Å². The molecule has 1 N–H and O–H groups in total. The smallest absolute Gasteiger partial charge is 0.266 e. The molecule has 0 aromatic carbocycles. The van der Waals surface area contributed by atoms with Crippen molar-refractivity contribution in [1.29, 1.82) is 0 Å². The van der Waals surface area contributed by atoms with Gasteiger partial charge in [0.05, 0.1) is 12.2 Å². The maximum absolute atomic E-state index is 12.3. The minimum Gasteiger partial charge on any atom is -0.354 e. The first-order chi connectivity index (χ1) is 13.3. The molecular weight excluding hydrogens is 360 g/mol. The molecular formula is C19H26N6O3. The fourth-order valence-corrected chi connectivity index (χ4v) is 3.46. The maximum Gasteiger partial charge on any atom is 0.266 e. The van der Waals surface area contributed by atoms with Gasteiger partial charge < -0.3 is 10.2 Å². The van der Waals surface area contributed by atoms with Crippen molar-refractivity contribution < 1.29 is 9.59 Å².